The van der Waals surface area contributed by atoms with Crippen molar-refractivity contribution in [2.45, 2.75) is 6.61 Å². The molecule has 0 saturated carbocycles. The molecule has 0 unspecified atom stereocenters. The summed E-state index contributed by atoms with van der Waals surface area (Å²) in [4.78, 5) is 10.6. The van der Waals surface area contributed by atoms with E-state index < -0.39 is 0 Å². The molecule has 3 nitrogen and oxygen atoms in total. The fourth-order valence-corrected chi connectivity index (χ4v) is 2.36. The predicted octanol–water partition coefficient (Wildman–Crippen LogP) is 4.18. The molecule has 0 fully saturated rings. The SMILES string of the molecule is O=Cc1cc(Cl)c(OCc2cccc(I)c2F)cc1O. The molecule has 0 spiro atoms. The van der Waals surface area contributed by atoms with Crippen molar-refractivity contribution >= 4 is 40.5 Å². The van der Waals surface area contributed by atoms with E-state index in [-0.39, 0.29) is 34.5 Å². The van der Waals surface area contributed by atoms with E-state index in [9.17, 15) is 14.3 Å². The molecule has 2 aromatic rings. The Balaban J connectivity index is 2.21. The van der Waals surface area contributed by atoms with Crippen LogP contribution < -0.4 is 4.74 Å². The van der Waals surface area contributed by atoms with E-state index in [2.05, 4.69) is 0 Å². The molecule has 0 heterocycles. The summed E-state index contributed by atoms with van der Waals surface area (Å²) < 4.78 is 19.7. The molecule has 0 aliphatic heterocycles. The van der Waals surface area contributed by atoms with E-state index in [0.29, 0.717) is 15.4 Å². The number of phenolic OH excluding ortho intramolecular Hbond substituents is 1. The molecule has 0 aliphatic rings. The number of carbonyl (C=O) groups excluding carboxylic acids is 1. The van der Waals surface area contributed by atoms with Gasteiger partial charge in [-0.15, -0.1) is 0 Å². The zero-order valence-corrected chi connectivity index (χ0v) is 13.0. The maximum atomic E-state index is 13.8. The first-order chi connectivity index (χ1) is 9.52. The first kappa shape index (κ1) is 15.1. The molecule has 0 radical (unpaired) electrons. The fourth-order valence-electron chi connectivity index (χ4n) is 1.58. The van der Waals surface area contributed by atoms with E-state index in [1.54, 1.807) is 18.2 Å². The number of benzene rings is 2. The van der Waals surface area contributed by atoms with E-state index in [1.807, 2.05) is 22.6 Å². The lowest BCUT2D eigenvalue weighted by molar-refractivity contribution is 0.112. The molecule has 2 aromatic carbocycles. The van der Waals surface area contributed by atoms with Crippen LogP contribution in [0.2, 0.25) is 5.02 Å². The summed E-state index contributed by atoms with van der Waals surface area (Å²) in [6, 6.07) is 7.50. The zero-order valence-electron chi connectivity index (χ0n) is 10.1. The molecule has 6 heteroatoms. The highest BCUT2D eigenvalue weighted by Gasteiger charge is 2.11. The molecular weight excluding hydrogens is 398 g/mol. The number of halogens is 3. The maximum Gasteiger partial charge on any atom is 0.153 e. The van der Waals surface area contributed by atoms with Crippen molar-refractivity contribution in [3.63, 3.8) is 0 Å². The van der Waals surface area contributed by atoms with Crippen molar-refractivity contribution in [3.05, 3.63) is 55.9 Å². The molecule has 0 aliphatic carbocycles. The molecule has 0 saturated heterocycles. The highest BCUT2D eigenvalue weighted by molar-refractivity contribution is 14.1. The lowest BCUT2D eigenvalue weighted by Crippen LogP contribution is -2.00. The Bertz CT molecular complexity index is 661. The van der Waals surface area contributed by atoms with Crippen molar-refractivity contribution < 1.29 is 19.0 Å². The lowest BCUT2D eigenvalue weighted by atomic mass is 10.2. The minimum Gasteiger partial charge on any atom is -0.507 e. The Hall–Kier alpha value is -1.34. The normalized spacial score (nSPS) is 10.3. The Morgan fingerprint density at radius 1 is 1.40 bits per heavy atom. The van der Waals surface area contributed by atoms with E-state index in [1.165, 1.54) is 12.1 Å². The van der Waals surface area contributed by atoms with Gasteiger partial charge >= 0.3 is 0 Å². The molecule has 104 valence electrons. The number of carbonyl (C=O) groups is 1. The van der Waals surface area contributed by atoms with Crippen LogP contribution in [0.1, 0.15) is 15.9 Å². The van der Waals surface area contributed by atoms with Crippen LogP contribution >= 0.6 is 34.2 Å². The zero-order chi connectivity index (χ0) is 14.7. The van der Waals surface area contributed by atoms with Crippen LogP contribution in [0.4, 0.5) is 4.39 Å². The largest absolute Gasteiger partial charge is 0.507 e. The van der Waals surface area contributed by atoms with Crippen LogP contribution in [-0.4, -0.2) is 11.4 Å². The predicted molar refractivity (Wildman–Crippen MR) is 82.0 cm³/mol. The summed E-state index contributed by atoms with van der Waals surface area (Å²) in [6.07, 6.45) is 0.490. The smallest absolute Gasteiger partial charge is 0.153 e. The third-order valence-electron chi connectivity index (χ3n) is 2.62. The number of aldehydes is 1. The average molecular weight is 407 g/mol. The Morgan fingerprint density at radius 3 is 2.85 bits per heavy atom. The standard InChI is InChI=1S/C14H9ClFIO3/c15-10-4-9(6-18)12(19)5-13(10)20-7-8-2-1-3-11(17)14(8)16/h1-6,19H,7H2. The highest BCUT2D eigenvalue weighted by Crippen LogP contribution is 2.32. The van der Waals surface area contributed by atoms with Gasteiger partial charge in [0, 0.05) is 15.2 Å². The molecule has 0 bridgehead atoms. The summed E-state index contributed by atoms with van der Waals surface area (Å²) in [5.41, 5.74) is 0.453. The van der Waals surface area contributed by atoms with Crippen molar-refractivity contribution in [3.8, 4) is 11.5 Å². The van der Waals surface area contributed by atoms with Gasteiger partial charge in [-0.05, 0) is 34.7 Å². The minimum absolute atomic E-state index is 0.0255. The minimum atomic E-state index is -0.349. The lowest BCUT2D eigenvalue weighted by Gasteiger charge is -2.10. The second kappa shape index (κ2) is 6.41. The third-order valence-corrected chi connectivity index (χ3v) is 3.75. The van der Waals surface area contributed by atoms with Gasteiger partial charge in [-0.2, -0.15) is 0 Å². The molecular formula is C14H9ClFIO3. The quantitative estimate of drug-likeness (QED) is 0.612. The van der Waals surface area contributed by atoms with Crippen LogP contribution in [0.25, 0.3) is 0 Å². The summed E-state index contributed by atoms with van der Waals surface area (Å²) in [5.74, 6) is -0.395. The van der Waals surface area contributed by atoms with Crippen molar-refractivity contribution in [2.75, 3.05) is 0 Å². The number of hydrogen-bond donors (Lipinski definition) is 1. The van der Waals surface area contributed by atoms with Gasteiger partial charge in [0.2, 0.25) is 0 Å². The van der Waals surface area contributed by atoms with Gasteiger partial charge < -0.3 is 9.84 Å². The van der Waals surface area contributed by atoms with Crippen molar-refractivity contribution in [1.82, 2.24) is 0 Å². The van der Waals surface area contributed by atoms with E-state index >= 15 is 0 Å². The second-order valence-corrected chi connectivity index (χ2v) is 5.53. The molecule has 1 N–H and O–H groups in total. The number of aromatic hydroxyl groups is 1. The Morgan fingerprint density at radius 2 is 2.15 bits per heavy atom. The van der Waals surface area contributed by atoms with Gasteiger partial charge in [0.25, 0.3) is 0 Å². The molecule has 0 aromatic heterocycles. The van der Waals surface area contributed by atoms with Crippen LogP contribution in [0, 0.1) is 9.39 Å². The maximum absolute atomic E-state index is 13.8. The first-order valence-electron chi connectivity index (χ1n) is 5.56. The molecule has 0 amide bonds. The second-order valence-electron chi connectivity index (χ2n) is 3.96. The number of phenols is 1. The average Bonchev–Trinajstić information content (AvgIpc) is 2.43. The number of ether oxygens (including phenoxy) is 1. The number of rotatable bonds is 4. The molecule has 0 atom stereocenters. The van der Waals surface area contributed by atoms with Crippen LogP contribution in [0.5, 0.6) is 11.5 Å². The highest BCUT2D eigenvalue weighted by atomic mass is 127. The molecule has 20 heavy (non-hydrogen) atoms. The van der Waals surface area contributed by atoms with Gasteiger partial charge in [-0.1, -0.05) is 23.7 Å². The monoisotopic (exact) mass is 406 g/mol. The summed E-state index contributed by atoms with van der Waals surface area (Å²) in [5, 5.41) is 9.74. The van der Waals surface area contributed by atoms with Gasteiger partial charge in [0.05, 0.1) is 10.6 Å². The topological polar surface area (TPSA) is 46.5 Å². The molecule has 2 rings (SSSR count). The number of hydrogen-bond acceptors (Lipinski definition) is 3. The Labute approximate surface area is 133 Å². The van der Waals surface area contributed by atoms with Gasteiger partial charge in [0.1, 0.15) is 23.9 Å². The van der Waals surface area contributed by atoms with Gasteiger partial charge in [0.15, 0.2) is 6.29 Å². The van der Waals surface area contributed by atoms with Gasteiger partial charge in [-0.25, -0.2) is 4.39 Å². The van der Waals surface area contributed by atoms with Crippen molar-refractivity contribution in [2.24, 2.45) is 0 Å². The Kier molecular flexibility index (Phi) is 4.82. The summed E-state index contributed by atoms with van der Waals surface area (Å²) in [6.45, 7) is -0.0255. The van der Waals surface area contributed by atoms with Crippen molar-refractivity contribution in [1.29, 1.82) is 0 Å². The third kappa shape index (κ3) is 3.21. The fraction of sp³-hybridized carbons (Fsp3) is 0.0714. The van der Waals surface area contributed by atoms with E-state index in [0.717, 1.165) is 0 Å². The summed E-state index contributed by atoms with van der Waals surface area (Å²) in [7, 11) is 0. The van der Waals surface area contributed by atoms with Crippen LogP contribution in [0.15, 0.2) is 30.3 Å². The van der Waals surface area contributed by atoms with Gasteiger partial charge in [-0.3, -0.25) is 4.79 Å². The van der Waals surface area contributed by atoms with Crippen LogP contribution in [0.3, 0.4) is 0 Å². The van der Waals surface area contributed by atoms with E-state index in [4.69, 9.17) is 16.3 Å². The van der Waals surface area contributed by atoms with Crippen LogP contribution in [-0.2, 0) is 6.61 Å². The first-order valence-corrected chi connectivity index (χ1v) is 7.02. The summed E-state index contributed by atoms with van der Waals surface area (Å²) >= 11 is 7.82.